The van der Waals surface area contributed by atoms with E-state index in [9.17, 15) is 0 Å². The molecule has 1 aromatic carbocycles. The number of nitrogens with one attached hydrogen (secondary N) is 1. The van der Waals surface area contributed by atoms with Crippen molar-refractivity contribution in [2.45, 2.75) is 38.8 Å². The van der Waals surface area contributed by atoms with Gasteiger partial charge >= 0.3 is 0 Å². The van der Waals surface area contributed by atoms with Gasteiger partial charge in [0.15, 0.2) is 0 Å². The van der Waals surface area contributed by atoms with Gasteiger partial charge in [0, 0.05) is 42.4 Å². The fourth-order valence-electron chi connectivity index (χ4n) is 3.07. The zero-order valence-electron chi connectivity index (χ0n) is 12.3. The quantitative estimate of drug-likeness (QED) is 0.924. The van der Waals surface area contributed by atoms with Crippen molar-refractivity contribution in [3.8, 4) is 0 Å². The Hall–Kier alpha value is -1.61. The molecular weight excluding hydrogens is 246 g/mol. The Labute approximate surface area is 121 Å². The minimum Gasteiger partial charge on any atom is -0.367 e. The van der Waals surface area contributed by atoms with Crippen molar-refractivity contribution in [1.82, 2.24) is 10.3 Å². The second kappa shape index (κ2) is 5.80. The van der Waals surface area contributed by atoms with Crippen molar-refractivity contribution in [1.29, 1.82) is 0 Å². The molecule has 0 saturated carbocycles. The highest BCUT2D eigenvalue weighted by molar-refractivity contribution is 5.91. The van der Waals surface area contributed by atoms with Gasteiger partial charge in [-0.1, -0.05) is 32.0 Å². The van der Waals surface area contributed by atoms with E-state index < -0.39 is 0 Å². The van der Waals surface area contributed by atoms with Crippen molar-refractivity contribution in [2.75, 3.05) is 18.0 Å². The van der Waals surface area contributed by atoms with Crippen LogP contribution < -0.4 is 10.2 Å². The van der Waals surface area contributed by atoms with Gasteiger partial charge in [-0.3, -0.25) is 4.98 Å². The van der Waals surface area contributed by atoms with Gasteiger partial charge in [0.05, 0.1) is 5.52 Å². The Morgan fingerprint density at radius 1 is 1.30 bits per heavy atom. The van der Waals surface area contributed by atoms with Crippen LogP contribution in [0.25, 0.3) is 10.9 Å². The van der Waals surface area contributed by atoms with Crippen LogP contribution in [0.4, 0.5) is 5.69 Å². The molecule has 2 aromatic rings. The highest BCUT2D eigenvalue weighted by Crippen LogP contribution is 2.31. The first-order valence-electron chi connectivity index (χ1n) is 7.59. The van der Waals surface area contributed by atoms with Gasteiger partial charge in [-0.2, -0.15) is 0 Å². The molecule has 1 aromatic heterocycles. The average molecular weight is 269 g/mol. The molecule has 1 N–H and O–H groups in total. The number of fused-ring (bicyclic) bond motifs is 1. The molecule has 1 fully saturated rings. The molecule has 1 atom stereocenters. The van der Waals surface area contributed by atoms with Crippen molar-refractivity contribution >= 4 is 16.6 Å². The predicted molar refractivity (Wildman–Crippen MR) is 85.2 cm³/mol. The first-order valence-corrected chi connectivity index (χ1v) is 7.59. The van der Waals surface area contributed by atoms with Gasteiger partial charge in [-0.25, -0.2) is 0 Å². The summed E-state index contributed by atoms with van der Waals surface area (Å²) >= 11 is 0. The SMILES string of the molecule is CC(C)NCC1CCCN1c1ccnc2ccccc12. The molecule has 0 aliphatic carbocycles. The molecule has 3 rings (SSSR count). The maximum Gasteiger partial charge on any atom is 0.0722 e. The minimum atomic E-state index is 0.548. The van der Waals surface area contributed by atoms with E-state index in [4.69, 9.17) is 0 Å². The van der Waals surface area contributed by atoms with Crippen molar-refractivity contribution in [2.24, 2.45) is 0 Å². The summed E-state index contributed by atoms with van der Waals surface area (Å²) in [7, 11) is 0. The molecule has 1 aliphatic heterocycles. The third kappa shape index (κ3) is 2.63. The summed E-state index contributed by atoms with van der Waals surface area (Å²) in [6.45, 7) is 6.63. The number of hydrogen-bond acceptors (Lipinski definition) is 3. The molecule has 1 aliphatic rings. The van der Waals surface area contributed by atoms with Gasteiger partial charge in [-0.05, 0) is 25.0 Å². The first-order chi connectivity index (χ1) is 9.75. The first kappa shape index (κ1) is 13.4. The molecule has 0 amide bonds. The fourth-order valence-corrected chi connectivity index (χ4v) is 3.07. The minimum absolute atomic E-state index is 0.548. The molecule has 3 nitrogen and oxygen atoms in total. The summed E-state index contributed by atoms with van der Waals surface area (Å²) in [5.41, 5.74) is 2.43. The Balaban J connectivity index is 1.89. The summed E-state index contributed by atoms with van der Waals surface area (Å²) < 4.78 is 0. The number of pyridine rings is 1. The van der Waals surface area contributed by atoms with Crippen molar-refractivity contribution in [3.05, 3.63) is 36.5 Å². The normalized spacial score (nSPS) is 19.1. The van der Waals surface area contributed by atoms with Crippen LogP contribution in [0.1, 0.15) is 26.7 Å². The molecule has 106 valence electrons. The van der Waals surface area contributed by atoms with E-state index in [0.29, 0.717) is 12.1 Å². The summed E-state index contributed by atoms with van der Waals surface area (Å²) in [4.78, 5) is 7.03. The lowest BCUT2D eigenvalue weighted by atomic mass is 10.1. The van der Waals surface area contributed by atoms with E-state index in [-0.39, 0.29) is 0 Å². The third-order valence-electron chi connectivity index (χ3n) is 4.07. The smallest absolute Gasteiger partial charge is 0.0722 e. The maximum atomic E-state index is 4.47. The molecule has 3 heteroatoms. The Morgan fingerprint density at radius 3 is 3.00 bits per heavy atom. The van der Waals surface area contributed by atoms with Gasteiger partial charge in [0.2, 0.25) is 0 Å². The highest BCUT2D eigenvalue weighted by atomic mass is 15.2. The van der Waals surface area contributed by atoms with Crippen LogP contribution in [-0.2, 0) is 0 Å². The topological polar surface area (TPSA) is 28.2 Å². The summed E-state index contributed by atoms with van der Waals surface area (Å²) in [6, 6.07) is 11.7. The van der Waals surface area contributed by atoms with Gasteiger partial charge in [0.1, 0.15) is 0 Å². The number of nitrogens with zero attached hydrogens (tertiary/aromatic N) is 2. The maximum absolute atomic E-state index is 4.47. The number of anilines is 1. The summed E-state index contributed by atoms with van der Waals surface area (Å²) in [6.07, 6.45) is 4.49. The summed E-state index contributed by atoms with van der Waals surface area (Å²) in [5.74, 6) is 0. The van der Waals surface area contributed by atoms with Crippen molar-refractivity contribution < 1.29 is 0 Å². The highest BCUT2D eigenvalue weighted by Gasteiger charge is 2.25. The zero-order valence-corrected chi connectivity index (χ0v) is 12.3. The lowest BCUT2D eigenvalue weighted by Crippen LogP contribution is -2.40. The van der Waals surface area contributed by atoms with Crippen LogP contribution in [0, 0.1) is 0 Å². The fraction of sp³-hybridized carbons (Fsp3) is 0.471. The molecule has 20 heavy (non-hydrogen) atoms. The van der Waals surface area contributed by atoms with E-state index in [2.05, 4.69) is 59.4 Å². The van der Waals surface area contributed by atoms with Gasteiger partial charge in [-0.15, -0.1) is 0 Å². The molecule has 2 heterocycles. The van der Waals surface area contributed by atoms with E-state index >= 15 is 0 Å². The number of aromatic nitrogens is 1. The van der Waals surface area contributed by atoms with Crippen molar-refractivity contribution in [3.63, 3.8) is 0 Å². The van der Waals surface area contributed by atoms with Gasteiger partial charge in [0.25, 0.3) is 0 Å². The van der Waals surface area contributed by atoms with Gasteiger partial charge < -0.3 is 10.2 Å². The number of rotatable bonds is 4. The standard InChI is InChI=1S/C17H23N3/c1-13(2)19-12-14-6-5-11-20(14)17-9-10-18-16-8-4-3-7-15(16)17/h3-4,7-10,13-14,19H,5-6,11-12H2,1-2H3. The Bertz CT molecular complexity index is 574. The number of benzene rings is 1. The Kier molecular flexibility index (Phi) is 3.88. The lowest BCUT2D eigenvalue weighted by molar-refractivity contribution is 0.524. The van der Waals surface area contributed by atoms with Crippen LogP contribution in [-0.4, -0.2) is 30.2 Å². The zero-order chi connectivity index (χ0) is 13.9. The number of para-hydroxylation sites is 1. The van der Waals surface area contributed by atoms with Crippen LogP contribution in [0.5, 0.6) is 0 Å². The molecule has 0 spiro atoms. The number of hydrogen-bond donors (Lipinski definition) is 1. The second-order valence-electron chi connectivity index (χ2n) is 5.90. The molecule has 0 bridgehead atoms. The third-order valence-corrected chi connectivity index (χ3v) is 4.07. The molecule has 0 radical (unpaired) electrons. The largest absolute Gasteiger partial charge is 0.367 e. The van der Waals surface area contributed by atoms with E-state index in [1.54, 1.807) is 0 Å². The van der Waals surface area contributed by atoms with E-state index in [1.165, 1.54) is 23.9 Å². The van der Waals surface area contributed by atoms with Crippen LogP contribution >= 0.6 is 0 Å². The summed E-state index contributed by atoms with van der Waals surface area (Å²) in [5, 5.41) is 4.85. The van der Waals surface area contributed by atoms with Crippen LogP contribution in [0.15, 0.2) is 36.5 Å². The van der Waals surface area contributed by atoms with Crippen LogP contribution in [0.2, 0.25) is 0 Å². The predicted octanol–water partition coefficient (Wildman–Crippen LogP) is 3.20. The average Bonchev–Trinajstić information content (AvgIpc) is 2.92. The van der Waals surface area contributed by atoms with E-state index in [0.717, 1.165) is 18.6 Å². The Morgan fingerprint density at radius 2 is 2.15 bits per heavy atom. The van der Waals surface area contributed by atoms with Crippen LogP contribution in [0.3, 0.4) is 0 Å². The second-order valence-corrected chi connectivity index (χ2v) is 5.90. The monoisotopic (exact) mass is 269 g/mol. The molecule has 1 unspecified atom stereocenters. The molecule has 1 saturated heterocycles. The lowest BCUT2D eigenvalue weighted by Gasteiger charge is -2.28. The molecular formula is C17H23N3. The van der Waals surface area contributed by atoms with E-state index in [1.807, 2.05) is 6.20 Å².